The Balaban J connectivity index is 2.07. The van der Waals surface area contributed by atoms with Gasteiger partial charge >= 0.3 is 0 Å². The van der Waals surface area contributed by atoms with Crippen LogP contribution in [0, 0.1) is 0 Å². The molecule has 12 heteroatoms. The third-order valence-corrected chi connectivity index (χ3v) is 7.90. The lowest BCUT2D eigenvalue weighted by Crippen LogP contribution is -2.24. The highest BCUT2D eigenvalue weighted by atomic mass is 35.5. The van der Waals surface area contributed by atoms with E-state index in [1.807, 2.05) is 0 Å². The molecule has 0 radical (unpaired) electrons. The number of hydrogen-bond acceptors (Lipinski definition) is 8. The molecule has 0 aliphatic rings. The Bertz CT molecular complexity index is 933. The zero-order valence-electron chi connectivity index (χ0n) is 15.9. The summed E-state index contributed by atoms with van der Waals surface area (Å²) in [5.41, 5.74) is 0.352. The second-order valence-electron chi connectivity index (χ2n) is 5.98. The van der Waals surface area contributed by atoms with Crippen LogP contribution in [0.25, 0.3) is 0 Å². The molecule has 1 unspecified atom stereocenters. The van der Waals surface area contributed by atoms with E-state index in [4.69, 9.17) is 11.6 Å². The Kier molecular flexibility index (Phi) is 8.07. The molecular weight excluding hydrogens is 442 g/mol. The number of hydrogen-bond donors (Lipinski definition) is 2. The summed E-state index contributed by atoms with van der Waals surface area (Å²) in [4.78, 5) is 12.4. The number of rotatable bonds is 9. The van der Waals surface area contributed by atoms with Gasteiger partial charge in [0.15, 0.2) is 4.34 Å². The SMILES string of the molecule is CCCNc1nnc(SC(C)C(=O)Nc2ccc(Cl)c(S(=O)(=O)N(C)C)c2)s1. The standard InChI is InChI=1S/C16H22ClN5O3S3/c1-5-8-18-15-20-21-16(27-15)26-10(2)14(23)19-11-6-7-12(17)13(9-11)28(24,25)22(3)4/h6-7,9-10H,5,8H2,1-4H3,(H,18,20)(H,19,23). The minimum atomic E-state index is -3.72. The van der Waals surface area contributed by atoms with Crippen molar-refractivity contribution in [3.05, 3.63) is 23.2 Å². The van der Waals surface area contributed by atoms with Crippen LogP contribution in [0.1, 0.15) is 20.3 Å². The summed E-state index contributed by atoms with van der Waals surface area (Å²) in [6, 6.07) is 4.36. The molecule has 0 aliphatic heterocycles. The molecule has 2 N–H and O–H groups in total. The number of amides is 1. The molecule has 2 aromatic rings. The van der Waals surface area contributed by atoms with Crippen LogP contribution in [-0.2, 0) is 14.8 Å². The lowest BCUT2D eigenvalue weighted by molar-refractivity contribution is -0.115. The first kappa shape index (κ1) is 22.9. The van der Waals surface area contributed by atoms with Crippen molar-refractivity contribution in [2.75, 3.05) is 31.3 Å². The molecule has 28 heavy (non-hydrogen) atoms. The van der Waals surface area contributed by atoms with Gasteiger partial charge < -0.3 is 10.6 Å². The van der Waals surface area contributed by atoms with Crippen molar-refractivity contribution in [3.8, 4) is 0 Å². The zero-order valence-corrected chi connectivity index (χ0v) is 19.1. The molecule has 0 bridgehead atoms. The Morgan fingerprint density at radius 3 is 2.71 bits per heavy atom. The first-order valence-corrected chi connectivity index (χ1v) is 11.9. The van der Waals surface area contributed by atoms with Crippen LogP contribution >= 0.6 is 34.7 Å². The predicted molar refractivity (Wildman–Crippen MR) is 115 cm³/mol. The third-order valence-electron chi connectivity index (χ3n) is 3.54. The molecule has 1 aromatic heterocycles. The maximum Gasteiger partial charge on any atom is 0.244 e. The highest BCUT2D eigenvalue weighted by Crippen LogP contribution is 2.30. The molecule has 154 valence electrons. The topological polar surface area (TPSA) is 104 Å². The van der Waals surface area contributed by atoms with Crippen LogP contribution in [0.2, 0.25) is 5.02 Å². The van der Waals surface area contributed by atoms with Crippen molar-refractivity contribution >= 4 is 61.4 Å². The first-order valence-electron chi connectivity index (χ1n) is 8.42. The van der Waals surface area contributed by atoms with Crippen molar-refractivity contribution in [2.24, 2.45) is 0 Å². The summed E-state index contributed by atoms with van der Waals surface area (Å²) in [6.07, 6.45) is 0.980. The molecule has 8 nitrogen and oxygen atoms in total. The van der Waals surface area contributed by atoms with Gasteiger partial charge in [0.2, 0.25) is 21.1 Å². The van der Waals surface area contributed by atoms with E-state index in [2.05, 4.69) is 27.8 Å². The normalized spacial score (nSPS) is 12.8. The fourth-order valence-corrected chi connectivity index (χ4v) is 5.30. The summed E-state index contributed by atoms with van der Waals surface area (Å²) >= 11 is 8.69. The highest BCUT2D eigenvalue weighted by Gasteiger charge is 2.23. The molecular formula is C16H22ClN5O3S3. The molecule has 1 atom stereocenters. The Morgan fingerprint density at radius 1 is 1.36 bits per heavy atom. The number of nitrogens with one attached hydrogen (secondary N) is 2. The molecule has 0 aliphatic carbocycles. The van der Waals surface area contributed by atoms with Gasteiger partial charge in [0.25, 0.3) is 0 Å². The van der Waals surface area contributed by atoms with Gasteiger partial charge in [-0.05, 0) is 31.5 Å². The second kappa shape index (κ2) is 9.88. The van der Waals surface area contributed by atoms with Gasteiger partial charge in [-0.3, -0.25) is 4.79 Å². The monoisotopic (exact) mass is 463 g/mol. The van der Waals surface area contributed by atoms with Crippen LogP contribution in [0.15, 0.2) is 27.4 Å². The van der Waals surface area contributed by atoms with E-state index < -0.39 is 15.3 Å². The van der Waals surface area contributed by atoms with E-state index in [0.29, 0.717) is 15.2 Å². The highest BCUT2D eigenvalue weighted by molar-refractivity contribution is 8.02. The molecule has 0 saturated heterocycles. The molecule has 0 spiro atoms. The minimum absolute atomic E-state index is 0.0620. The molecule has 1 aromatic carbocycles. The largest absolute Gasteiger partial charge is 0.360 e. The maximum absolute atomic E-state index is 12.5. The maximum atomic E-state index is 12.5. The minimum Gasteiger partial charge on any atom is -0.360 e. The lowest BCUT2D eigenvalue weighted by atomic mass is 10.3. The quantitative estimate of drug-likeness (QED) is 0.549. The number of benzene rings is 1. The fourth-order valence-electron chi connectivity index (χ4n) is 1.98. The first-order chi connectivity index (χ1) is 13.1. The Hall–Kier alpha value is -1.40. The fraction of sp³-hybridized carbons (Fsp3) is 0.438. The van der Waals surface area contributed by atoms with Gasteiger partial charge in [-0.2, -0.15) is 0 Å². The number of carbonyl (C=O) groups excluding carboxylic acids is 1. The van der Waals surface area contributed by atoms with Gasteiger partial charge in [-0.25, -0.2) is 12.7 Å². The van der Waals surface area contributed by atoms with E-state index in [0.717, 1.165) is 17.3 Å². The summed E-state index contributed by atoms with van der Waals surface area (Å²) < 4.78 is 26.4. The smallest absolute Gasteiger partial charge is 0.244 e. The predicted octanol–water partition coefficient (Wildman–Crippen LogP) is 3.38. The van der Waals surface area contributed by atoms with E-state index in [1.54, 1.807) is 13.0 Å². The number of halogens is 1. The van der Waals surface area contributed by atoms with Crippen molar-refractivity contribution in [1.29, 1.82) is 0 Å². The van der Waals surface area contributed by atoms with Crippen LogP contribution in [0.3, 0.4) is 0 Å². The number of thioether (sulfide) groups is 1. The third kappa shape index (κ3) is 5.80. The second-order valence-corrected chi connectivity index (χ2v) is 11.1. The average molecular weight is 464 g/mol. The molecule has 1 amide bonds. The number of carbonyl (C=O) groups is 1. The van der Waals surface area contributed by atoms with Crippen molar-refractivity contribution in [2.45, 2.75) is 34.8 Å². The summed E-state index contributed by atoms with van der Waals surface area (Å²) in [5.74, 6) is -0.279. The molecule has 0 saturated carbocycles. The van der Waals surface area contributed by atoms with Gasteiger partial charge in [0, 0.05) is 26.3 Å². The van der Waals surface area contributed by atoms with Gasteiger partial charge in [-0.15, -0.1) is 10.2 Å². The molecule has 0 fully saturated rings. The van der Waals surface area contributed by atoms with E-state index >= 15 is 0 Å². The van der Waals surface area contributed by atoms with E-state index in [9.17, 15) is 13.2 Å². The van der Waals surface area contributed by atoms with E-state index in [1.165, 1.54) is 49.3 Å². The van der Waals surface area contributed by atoms with Crippen molar-refractivity contribution in [3.63, 3.8) is 0 Å². The zero-order chi connectivity index (χ0) is 20.9. The van der Waals surface area contributed by atoms with Gasteiger partial charge in [-0.1, -0.05) is 41.6 Å². The van der Waals surface area contributed by atoms with Crippen molar-refractivity contribution in [1.82, 2.24) is 14.5 Å². The summed E-state index contributed by atoms with van der Waals surface area (Å²) in [7, 11) is -0.882. The van der Waals surface area contributed by atoms with Crippen LogP contribution in [-0.4, -0.2) is 54.7 Å². The number of anilines is 2. The van der Waals surface area contributed by atoms with E-state index in [-0.39, 0.29) is 15.8 Å². The Labute approximate surface area is 178 Å². The van der Waals surface area contributed by atoms with Crippen LogP contribution < -0.4 is 10.6 Å². The summed E-state index contributed by atoms with van der Waals surface area (Å²) in [5, 5.41) is 14.3. The molecule has 2 rings (SSSR count). The van der Waals surface area contributed by atoms with Crippen LogP contribution in [0.5, 0.6) is 0 Å². The summed E-state index contributed by atoms with van der Waals surface area (Å²) in [6.45, 7) is 4.61. The van der Waals surface area contributed by atoms with Crippen molar-refractivity contribution < 1.29 is 13.2 Å². The average Bonchev–Trinajstić information content (AvgIpc) is 3.08. The number of nitrogens with zero attached hydrogens (tertiary/aromatic N) is 3. The lowest BCUT2D eigenvalue weighted by Gasteiger charge is -2.15. The number of aromatic nitrogens is 2. The Morgan fingerprint density at radius 2 is 2.07 bits per heavy atom. The van der Waals surface area contributed by atoms with Crippen LogP contribution in [0.4, 0.5) is 10.8 Å². The molecule has 1 heterocycles. The van der Waals surface area contributed by atoms with Gasteiger partial charge in [0.05, 0.1) is 10.3 Å². The van der Waals surface area contributed by atoms with Gasteiger partial charge in [0.1, 0.15) is 4.90 Å². The number of sulfonamides is 1.